The van der Waals surface area contributed by atoms with Gasteiger partial charge >= 0.3 is 6.36 Å². The van der Waals surface area contributed by atoms with Gasteiger partial charge in [-0.2, -0.15) is 0 Å². The molecule has 3 atom stereocenters. The number of benzene rings is 1. The molecular formula is C14H18F3NO. The van der Waals surface area contributed by atoms with Crippen LogP contribution in [-0.2, 0) is 0 Å². The lowest BCUT2D eigenvalue weighted by Crippen LogP contribution is -2.21. The standard InChI is InChI=1S/C14H18F3NO/c1-9-7-12(9)8-18-10(2)11-3-5-13(6-4-11)19-14(15,16)17/h3-6,9-10,12,18H,7-8H2,1-2H3. The van der Waals surface area contributed by atoms with Crippen molar-refractivity contribution in [1.82, 2.24) is 5.32 Å². The number of rotatable bonds is 5. The van der Waals surface area contributed by atoms with Crippen molar-refractivity contribution in [3.63, 3.8) is 0 Å². The summed E-state index contributed by atoms with van der Waals surface area (Å²) in [6.07, 6.45) is -3.37. The van der Waals surface area contributed by atoms with E-state index in [0.717, 1.165) is 23.9 Å². The van der Waals surface area contributed by atoms with Gasteiger partial charge in [-0.1, -0.05) is 19.1 Å². The smallest absolute Gasteiger partial charge is 0.406 e. The highest BCUT2D eigenvalue weighted by Gasteiger charge is 2.32. The molecule has 2 nitrogen and oxygen atoms in total. The predicted molar refractivity (Wildman–Crippen MR) is 66.8 cm³/mol. The van der Waals surface area contributed by atoms with Crippen LogP contribution in [0.25, 0.3) is 0 Å². The van der Waals surface area contributed by atoms with Gasteiger partial charge in [-0.15, -0.1) is 13.2 Å². The second kappa shape index (κ2) is 5.41. The first-order valence-electron chi connectivity index (χ1n) is 6.44. The predicted octanol–water partition coefficient (Wildman–Crippen LogP) is 3.89. The molecule has 1 aliphatic carbocycles. The van der Waals surface area contributed by atoms with Crippen LogP contribution in [0.1, 0.15) is 31.9 Å². The van der Waals surface area contributed by atoms with Crippen LogP contribution in [0.3, 0.4) is 0 Å². The summed E-state index contributed by atoms with van der Waals surface area (Å²) in [6, 6.07) is 6.15. The molecule has 1 aromatic carbocycles. The van der Waals surface area contributed by atoms with Crippen molar-refractivity contribution in [2.45, 2.75) is 32.7 Å². The van der Waals surface area contributed by atoms with E-state index < -0.39 is 6.36 Å². The zero-order valence-corrected chi connectivity index (χ0v) is 11.0. The fourth-order valence-corrected chi connectivity index (χ4v) is 2.09. The first-order chi connectivity index (χ1) is 8.85. The lowest BCUT2D eigenvalue weighted by atomic mass is 10.1. The van der Waals surface area contributed by atoms with Gasteiger partial charge in [0, 0.05) is 6.04 Å². The Labute approximate surface area is 111 Å². The van der Waals surface area contributed by atoms with Crippen LogP contribution >= 0.6 is 0 Å². The van der Waals surface area contributed by atoms with E-state index in [0.29, 0.717) is 0 Å². The minimum atomic E-state index is -4.63. The highest BCUT2D eigenvalue weighted by Crippen LogP contribution is 2.37. The second-order valence-corrected chi connectivity index (χ2v) is 5.22. The molecule has 0 bridgehead atoms. The van der Waals surface area contributed by atoms with E-state index in [1.54, 1.807) is 12.1 Å². The summed E-state index contributed by atoms with van der Waals surface area (Å²) in [6.45, 7) is 5.19. The van der Waals surface area contributed by atoms with Crippen LogP contribution in [0.5, 0.6) is 5.75 Å². The van der Waals surface area contributed by atoms with Crippen molar-refractivity contribution in [2.24, 2.45) is 11.8 Å². The van der Waals surface area contributed by atoms with Gasteiger partial charge < -0.3 is 10.1 Å². The zero-order chi connectivity index (χ0) is 14.0. The minimum Gasteiger partial charge on any atom is -0.406 e. The highest BCUT2D eigenvalue weighted by molar-refractivity contribution is 5.29. The average molecular weight is 273 g/mol. The van der Waals surface area contributed by atoms with Gasteiger partial charge in [0.2, 0.25) is 0 Å². The fraction of sp³-hybridized carbons (Fsp3) is 0.571. The third-order valence-electron chi connectivity index (χ3n) is 3.58. The van der Waals surface area contributed by atoms with E-state index in [9.17, 15) is 13.2 Å². The molecule has 1 fully saturated rings. The number of nitrogens with one attached hydrogen (secondary N) is 1. The molecule has 5 heteroatoms. The minimum absolute atomic E-state index is 0.132. The maximum Gasteiger partial charge on any atom is 0.573 e. The molecule has 0 spiro atoms. The van der Waals surface area contributed by atoms with Gasteiger partial charge in [0.15, 0.2) is 0 Å². The Morgan fingerprint density at radius 2 is 1.89 bits per heavy atom. The maximum absolute atomic E-state index is 12.0. The lowest BCUT2D eigenvalue weighted by Gasteiger charge is -2.15. The van der Waals surface area contributed by atoms with E-state index in [1.807, 2.05) is 6.92 Å². The molecule has 3 unspecified atom stereocenters. The largest absolute Gasteiger partial charge is 0.573 e. The maximum atomic E-state index is 12.0. The molecule has 0 aromatic heterocycles. The Balaban J connectivity index is 1.86. The Morgan fingerprint density at radius 1 is 1.32 bits per heavy atom. The molecule has 0 heterocycles. The summed E-state index contributed by atoms with van der Waals surface area (Å²) < 4.78 is 39.9. The van der Waals surface area contributed by atoms with E-state index in [2.05, 4.69) is 17.0 Å². The van der Waals surface area contributed by atoms with Gasteiger partial charge in [0.25, 0.3) is 0 Å². The van der Waals surface area contributed by atoms with E-state index in [4.69, 9.17) is 0 Å². The molecule has 2 rings (SSSR count). The van der Waals surface area contributed by atoms with Gasteiger partial charge in [-0.25, -0.2) is 0 Å². The Kier molecular flexibility index (Phi) is 4.04. The van der Waals surface area contributed by atoms with Crippen LogP contribution in [0, 0.1) is 11.8 Å². The summed E-state index contributed by atoms with van der Waals surface area (Å²) in [5.74, 6) is 1.36. The van der Waals surface area contributed by atoms with E-state index in [-0.39, 0.29) is 11.8 Å². The number of hydrogen-bond acceptors (Lipinski definition) is 2. The average Bonchev–Trinajstić information content (AvgIpc) is 3.01. The molecule has 1 aromatic rings. The van der Waals surface area contributed by atoms with Crippen molar-refractivity contribution < 1.29 is 17.9 Å². The first-order valence-corrected chi connectivity index (χ1v) is 6.44. The van der Waals surface area contributed by atoms with Crippen molar-refractivity contribution in [2.75, 3.05) is 6.54 Å². The van der Waals surface area contributed by atoms with Crippen LogP contribution in [0.2, 0.25) is 0 Å². The summed E-state index contributed by atoms with van der Waals surface area (Å²) in [7, 11) is 0. The molecule has 0 amide bonds. The summed E-state index contributed by atoms with van der Waals surface area (Å²) in [4.78, 5) is 0. The van der Waals surface area contributed by atoms with E-state index in [1.165, 1.54) is 18.6 Å². The van der Waals surface area contributed by atoms with Crippen LogP contribution in [0.4, 0.5) is 13.2 Å². The molecule has 106 valence electrons. The number of hydrogen-bond donors (Lipinski definition) is 1. The molecule has 0 radical (unpaired) electrons. The molecule has 1 saturated carbocycles. The second-order valence-electron chi connectivity index (χ2n) is 5.22. The third kappa shape index (κ3) is 4.42. The molecule has 0 saturated heterocycles. The molecule has 19 heavy (non-hydrogen) atoms. The normalized spacial score (nSPS) is 24.1. The van der Waals surface area contributed by atoms with Gasteiger partial charge in [0.1, 0.15) is 5.75 Å². The fourth-order valence-electron chi connectivity index (χ4n) is 2.09. The Morgan fingerprint density at radius 3 is 2.37 bits per heavy atom. The van der Waals surface area contributed by atoms with Crippen molar-refractivity contribution in [3.8, 4) is 5.75 Å². The Hall–Kier alpha value is -1.23. The summed E-state index contributed by atoms with van der Waals surface area (Å²) >= 11 is 0. The quantitative estimate of drug-likeness (QED) is 0.878. The Bertz CT molecular complexity index is 416. The number of ether oxygens (including phenoxy) is 1. The SMILES string of the molecule is CC(NCC1CC1C)c1ccc(OC(F)(F)F)cc1. The topological polar surface area (TPSA) is 21.3 Å². The first kappa shape index (κ1) is 14.2. The summed E-state index contributed by atoms with van der Waals surface area (Å²) in [5, 5.41) is 3.40. The highest BCUT2D eigenvalue weighted by atomic mass is 19.4. The van der Waals surface area contributed by atoms with Gasteiger partial charge in [-0.3, -0.25) is 0 Å². The molecule has 1 aliphatic rings. The van der Waals surface area contributed by atoms with Crippen LogP contribution < -0.4 is 10.1 Å². The van der Waals surface area contributed by atoms with Crippen LogP contribution in [-0.4, -0.2) is 12.9 Å². The van der Waals surface area contributed by atoms with Gasteiger partial charge in [-0.05, 0) is 49.4 Å². The molecular weight excluding hydrogens is 255 g/mol. The van der Waals surface area contributed by atoms with E-state index >= 15 is 0 Å². The molecule has 0 aliphatic heterocycles. The molecule has 1 N–H and O–H groups in total. The number of alkyl halides is 3. The number of halogens is 3. The van der Waals surface area contributed by atoms with Crippen LogP contribution in [0.15, 0.2) is 24.3 Å². The van der Waals surface area contributed by atoms with Gasteiger partial charge in [0.05, 0.1) is 0 Å². The van der Waals surface area contributed by atoms with Crippen molar-refractivity contribution in [1.29, 1.82) is 0 Å². The van der Waals surface area contributed by atoms with Crippen molar-refractivity contribution in [3.05, 3.63) is 29.8 Å². The monoisotopic (exact) mass is 273 g/mol. The summed E-state index contributed by atoms with van der Waals surface area (Å²) in [5.41, 5.74) is 0.961. The van der Waals surface area contributed by atoms with Crippen molar-refractivity contribution >= 4 is 0 Å². The third-order valence-corrected chi connectivity index (χ3v) is 3.58. The zero-order valence-electron chi connectivity index (χ0n) is 11.0. The lowest BCUT2D eigenvalue weighted by molar-refractivity contribution is -0.274.